The molecule has 0 aliphatic carbocycles. The monoisotopic (exact) mass is 476 g/mol. The highest BCUT2D eigenvalue weighted by Gasteiger charge is 2.39. The molecule has 1 unspecified atom stereocenters. The number of rotatable bonds is 6. The minimum atomic E-state index is -0.921. The lowest BCUT2D eigenvalue weighted by molar-refractivity contribution is -0.136. The number of aromatic carboxylic acids is 1. The predicted octanol–water partition coefficient (Wildman–Crippen LogP) is 2.47. The van der Waals surface area contributed by atoms with Gasteiger partial charge >= 0.3 is 5.97 Å². The molecule has 3 aliphatic rings. The van der Waals surface area contributed by atoms with Crippen LogP contribution in [0.5, 0.6) is 0 Å². The van der Waals surface area contributed by atoms with Gasteiger partial charge in [0, 0.05) is 55.1 Å². The molecule has 2 aromatic carbocycles. The first-order valence-corrected chi connectivity index (χ1v) is 12.0. The van der Waals surface area contributed by atoms with Gasteiger partial charge in [0.05, 0.1) is 5.56 Å². The maximum Gasteiger partial charge on any atom is 0.335 e. The first kappa shape index (κ1) is 22.9. The van der Waals surface area contributed by atoms with E-state index in [2.05, 4.69) is 15.5 Å². The molecule has 5 rings (SSSR count). The lowest BCUT2D eigenvalue weighted by atomic mass is 9.96. The van der Waals surface area contributed by atoms with Gasteiger partial charge in [0.15, 0.2) is 0 Å². The van der Waals surface area contributed by atoms with Crippen LogP contribution in [0.1, 0.15) is 52.0 Å². The molecule has 2 saturated heterocycles. The number of carbonyl (C=O) groups is 4. The predicted molar refractivity (Wildman–Crippen MR) is 129 cm³/mol. The van der Waals surface area contributed by atoms with Crippen LogP contribution in [0.4, 0.5) is 11.4 Å². The van der Waals surface area contributed by atoms with Gasteiger partial charge in [-0.05, 0) is 61.6 Å². The van der Waals surface area contributed by atoms with E-state index in [1.807, 2.05) is 24.3 Å². The van der Waals surface area contributed by atoms with Gasteiger partial charge in [0.1, 0.15) is 6.04 Å². The zero-order valence-corrected chi connectivity index (χ0v) is 19.3. The van der Waals surface area contributed by atoms with Crippen molar-refractivity contribution < 1.29 is 24.3 Å². The minimum absolute atomic E-state index is 0.166. The number of benzene rings is 2. The zero-order valence-electron chi connectivity index (χ0n) is 19.3. The van der Waals surface area contributed by atoms with Gasteiger partial charge in [-0.25, -0.2) is 4.79 Å². The number of nitrogens with zero attached hydrogens (tertiary/aromatic N) is 2. The Morgan fingerprint density at radius 3 is 2.46 bits per heavy atom. The third kappa shape index (κ3) is 4.58. The lowest BCUT2D eigenvalue weighted by Crippen LogP contribution is -2.52. The standard InChI is InChI=1S/C26H28N4O5/c31-23-9-8-22(24(32)28-23)30-15-20-19(25(30)33)2-1-3-21(20)27-14-16-10-12-29(13-11-16)18-6-4-17(5-7-18)26(34)35/h1-7,16,22,27H,8-15H2,(H,34,35)(H,28,31,32). The van der Waals surface area contributed by atoms with Crippen molar-refractivity contribution in [2.45, 2.75) is 38.3 Å². The van der Waals surface area contributed by atoms with Crippen molar-refractivity contribution in [1.29, 1.82) is 0 Å². The molecule has 0 bridgehead atoms. The summed E-state index contributed by atoms with van der Waals surface area (Å²) in [6.07, 6.45) is 2.60. The highest BCUT2D eigenvalue weighted by Crippen LogP contribution is 2.33. The van der Waals surface area contributed by atoms with Crippen molar-refractivity contribution in [2.24, 2.45) is 5.92 Å². The Morgan fingerprint density at radius 1 is 1.03 bits per heavy atom. The topological polar surface area (TPSA) is 119 Å². The lowest BCUT2D eigenvalue weighted by Gasteiger charge is -2.34. The Balaban J connectivity index is 1.18. The van der Waals surface area contributed by atoms with E-state index in [9.17, 15) is 19.2 Å². The number of carbonyl (C=O) groups excluding carboxylic acids is 3. The summed E-state index contributed by atoms with van der Waals surface area (Å²) in [4.78, 5) is 51.7. The van der Waals surface area contributed by atoms with Gasteiger partial charge in [-0.15, -0.1) is 0 Å². The number of imide groups is 1. The van der Waals surface area contributed by atoms with Crippen molar-refractivity contribution >= 4 is 35.1 Å². The maximum atomic E-state index is 13.0. The summed E-state index contributed by atoms with van der Waals surface area (Å²) < 4.78 is 0. The number of hydrogen-bond acceptors (Lipinski definition) is 6. The van der Waals surface area contributed by atoms with Gasteiger partial charge in [0.2, 0.25) is 11.8 Å². The van der Waals surface area contributed by atoms with E-state index in [-0.39, 0.29) is 23.8 Å². The molecule has 3 N–H and O–H groups in total. The number of piperidine rings is 2. The normalized spacial score (nSPS) is 20.6. The van der Waals surface area contributed by atoms with E-state index >= 15 is 0 Å². The molecular weight excluding hydrogens is 448 g/mol. The van der Waals surface area contributed by atoms with E-state index in [1.165, 1.54) is 0 Å². The van der Waals surface area contributed by atoms with Crippen LogP contribution in [-0.4, -0.2) is 59.4 Å². The van der Waals surface area contributed by atoms with Crippen molar-refractivity contribution in [3.8, 4) is 0 Å². The van der Waals surface area contributed by atoms with E-state index in [1.54, 1.807) is 23.1 Å². The molecule has 2 fully saturated rings. The highest BCUT2D eigenvalue weighted by atomic mass is 16.4. The Bertz CT molecular complexity index is 1170. The second-order valence-electron chi connectivity index (χ2n) is 9.39. The van der Waals surface area contributed by atoms with Crippen LogP contribution in [0.15, 0.2) is 42.5 Å². The summed E-state index contributed by atoms with van der Waals surface area (Å²) in [6, 6.07) is 12.0. The molecule has 9 nitrogen and oxygen atoms in total. The smallest absolute Gasteiger partial charge is 0.335 e. The van der Waals surface area contributed by atoms with Crippen LogP contribution in [-0.2, 0) is 16.1 Å². The number of anilines is 2. The minimum Gasteiger partial charge on any atom is -0.478 e. The van der Waals surface area contributed by atoms with Gasteiger partial charge in [-0.2, -0.15) is 0 Å². The van der Waals surface area contributed by atoms with E-state index in [0.717, 1.165) is 49.4 Å². The Kier molecular flexibility index (Phi) is 6.15. The SMILES string of the molecule is O=C1CCC(N2Cc3c(NCC4CCN(c5ccc(C(=O)O)cc5)CC4)cccc3C2=O)C(=O)N1. The summed E-state index contributed by atoms with van der Waals surface area (Å²) in [6.45, 7) is 2.93. The van der Waals surface area contributed by atoms with Gasteiger partial charge in [-0.3, -0.25) is 19.7 Å². The molecule has 35 heavy (non-hydrogen) atoms. The number of carboxylic acid groups (broad SMARTS) is 1. The summed E-state index contributed by atoms with van der Waals surface area (Å²) >= 11 is 0. The second-order valence-corrected chi connectivity index (χ2v) is 9.39. The third-order valence-corrected chi connectivity index (χ3v) is 7.26. The summed E-state index contributed by atoms with van der Waals surface area (Å²) in [5, 5.41) is 15.0. The summed E-state index contributed by atoms with van der Waals surface area (Å²) in [5.41, 5.74) is 3.75. The number of nitrogens with one attached hydrogen (secondary N) is 2. The molecule has 0 aromatic heterocycles. The Morgan fingerprint density at radius 2 is 1.77 bits per heavy atom. The van der Waals surface area contributed by atoms with Crippen LogP contribution in [0.2, 0.25) is 0 Å². The average molecular weight is 477 g/mol. The Hall–Kier alpha value is -3.88. The first-order valence-electron chi connectivity index (χ1n) is 12.0. The van der Waals surface area contributed by atoms with E-state index in [4.69, 9.17) is 5.11 Å². The highest BCUT2D eigenvalue weighted by molar-refractivity contribution is 6.06. The molecule has 1 atom stereocenters. The molecule has 182 valence electrons. The molecular formula is C26H28N4O5. The molecule has 3 aliphatic heterocycles. The van der Waals surface area contributed by atoms with Crippen molar-refractivity contribution in [1.82, 2.24) is 10.2 Å². The van der Waals surface area contributed by atoms with Gasteiger partial charge < -0.3 is 20.2 Å². The van der Waals surface area contributed by atoms with Crippen LogP contribution in [0.3, 0.4) is 0 Å². The first-order chi connectivity index (χ1) is 16.9. The maximum absolute atomic E-state index is 13.0. The Labute approximate surface area is 203 Å². The van der Waals surface area contributed by atoms with Crippen molar-refractivity contribution in [2.75, 3.05) is 29.9 Å². The number of amides is 3. The molecule has 0 saturated carbocycles. The molecule has 3 amide bonds. The van der Waals surface area contributed by atoms with Gasteiger partial charge in [0.25, 0.3) is 5.91 Å². The third-order valence-electron chi connectivity index (χ3n) is 7.26. The van der Waals surface area contributed by atoms with E-state index < -0.39 is 17.9 Å². The van der Waals surface area contributed by atoms with Crippen LogP contribution >= 0.6 is 0 Å². The molecule has 0 radical (unpaired) electrons. The molecule has 2 aromatic rings. The summed E-state index contributed by atoms with van der Waals surface area (Å²) in [7, 11) is 0. The van der Waals surface area contributed by atoms with E-state index in [0.29, 0.717) is 24.4 Å². The molecule has 0 spiro atoms. The largest absolute Gasteiger partial charge is 0.478 e. The van der Waals surface area contributed by atoms with Crippen LogP contribution in [0.25, 0.3) is 0 Å². The fourth-order valence-electron chi connectivity index (χ4n) is 5.22. The average Bonchev–Trinajstić information content (AvgIpc) is 3.20. The number of fused-ring (bicyclic) bond motifs is 1. The zero-order chi connectivity index (χ0) is 24.5. The number of carboxylic acids is 1. The van der Waals surface area contributed by atoms with Crippen molar-refractivity contribution in [3.63, 3.8) is 0 Å². The number of hydrogen-bond donors (Lipinski definition) is 3. The van der Waals surface area contributed by atoms with Crippen molar-refractivity contribution in [3.05, 3.63) is 59.2 Å². The quantitative estimate of drug-likeness (QED) is 0.548. The van der Waals surface area contributed by atoms with Crippen LogP contribution < -0.4 is 15.5 Å². The molecule has 3 heterocycles. The fourth-order valence-corrected chi connectivity index (χ4v) is 5.22. The fraction of sp³-hybridized carbons (Fsp3) is 0.385. The van der Waals surface area contributed by atoms with Crippen LogP contribution in [0, 0.1) is 5.92 Å². The van der Waals surface area contributed by atoms with Gasteiger partial charge in [-0.1, -0.05) is 6.07 Å². The molecule has 9 heteroatoms. The summed E-state index contributed by atoms with van der Waals surface area (Å²) in [5.74, 6) is -1.30. The second kappa shape index (κ2) is 9.40.